The van der Waals surface area contributed by atoms with E-state index in [1.807, 2.05) is 31.2 Å². The fourth-order valence-electron chi connectivity index (χ4n) is 2.63. The summed E-state index contributed by atoms with van der Waals surface area (Å²) < 4.78 is 32.4. The normalized spacial score (nSPS) is 11.4. The van der Waals surface area contributed by atoms with Crippen LogP contribution in [0.4, 0.5) is 5.69 Å². The molecule has 8 heteroatoms. The topological polar surface area (TPSA) is 75.7 Å². The van der Waals surface area contributed by atoms with Crippen LogP contribution in [0, 0.1) is 6.92 Å². The first kappa shape index (κ1) is 22.0. The molecule has 30 heavy (non-hydrogen) atoms. The van der Waals surface area contributed by atoms with Gasteiger partial charge in [0, 0.05) is 24.1 Å². The van der Waals surface area contributed by atoms with Crippen molar-refractivity contribution in [2.24, 2.45) is 0 Å². The molecule has 1 amide bonds. The lowest BCUT2D eigenvalue weighted by Gasteiger charge is -2.15. The summed E-state index contributed by atoms with van der Waals surface area (Å²) >= 11 is 3.25. The van der Waals surface area contributed by atoms with Gasteiger partial charge in [-0.2, -0.15) is 0 Å². The number of carbonyl (C=O) groups is 1. The molecule has 3 rings (SSSR count). The van der Waals surface area contributed by atoms with Gasteiger partial charge in [0.15, 0.2) is 5.75 Å². The molecule has 0 aliphatic rings. The Kier molecular flexibility index (Phi) is 6.60. The number of nitrogens with zero attached hydrogens (tertiary/aromatic N) is 1. The third-order valence-corrected chi connectivity index (χ3v) is 7.15. The van der Waals surface area contributed by atoms with Crippen molar-refractivity contribution in [1.29, 1.82) is 0 Å². The highest BCUT2D eigenvalue weighted by molar-refractivity contribution is 9.10. The highest BCUT2D eigenvalue weighted by atomic mass is 79.9. The first-order valence-electron chi connectivity index (χ1n) is 9.05. The van der Waals surface area contributed by atoms with Gasteiger partial charge in [-0.1, -0.05) is 29.8 Å². The van der Waals surface area contributed by atoms with Crippen LogP contribution in [0.3, 0.4) is 0 Å². The Labute approximate surface area is 184 Å². The Bertz CT molecular complexity index is 1180. The van der Waals surface area contributed by atoms with E-state index >= 15 is 0 Å². The molecule has 0 heterocycles. The molecular weight excluding hydrogens is 468 g/mol. The van der Waals surface area contributed by atoms with Gasteiger partial charge in [0.2, 0.25) is 10.0 Å². The first-order valence-corrected chi connectivity index (χ1v) is 11.3. The maximum atomic E-state index is 12.8. The molecule has 0 aliphatic carbocycles. The second kappa shape index (κ2) is 8.99. The van der Waals surface area contributed by atoms with Crippen molar-refractivity contribution in [2.75, 3.05) is 19.4 Å². The number of nitrogens with one attached hydrogen (secondary N) is 1. The Balaban J connectivity index is 1.88. The van der Waals surface area contributed by atoms with Gasteiger partial charge in [0.25, 0.3) is 5.91 Å². The number of aryl methyl sites for hydroxylation is 1. The van der Waals surface area contributed by atoms with Gasteiger partial charge in [-0.25, -0.2) is 12.7 Å². The number of halogens is 1. The molecule has 0 unspecified atom stereocenters. The molecule has 0 radical (unpaired) electrons. The van der Waals surface area contributed by atoms with Crippen LogP contribution in [0.15, 0.2) is 76.1 Å². The van der Waals surface area contributed by atoms with Crippen LogP contribution in [0.2, 0.25) is 0 Å². The molecule has 0 atom stereocenters. The monoisotopic (exact) mass is 488 g/mol. The first-order chi connectivity index (χ1) is 14.2. The highest BCUT2D eigenvalue weighted by Crippen LogP contribution is 2.30. The number of rotatable bonds is 6. The molecule has 156 valence electrons. The van der Waals surface area contributed by atoms with Crippen LogP contribution in [-0.4, -0.2) is 32.7 Å². The molecule has 6 nitrogen and oxygen atoms in total. The number of ether oxygens (including phenoxy) is 1. The van der Waals surface area contributed by atoms with Gasteiger partial charge in [-0.05, 0) is 65.3 Å². The third kappa shape index (κ3) is 4.89. The van der Waals surface area contributed by atoms with Crippen LogP contribution < -0.4 is 10.1 Å². The van der Waals surface area contributed by atoms with Crippen molar-refractivity contribution < 1.29 is 17.9 Å². The molecular formula is C22H21BrN2O4S. The quantitative estimate of drug-likeness (QED) is 0.526. The maximum absolute atomic E-state index is 12.8. The largest absolute Gasteiger partial charge is 0.455 e. The van der Waals surface area contributed by atoms with E-state index < -0.39 is 15.9 Å². The van der Waals surface area contributed by atoms with Gasteiger partial charge in [0.05, 0.1) is 10.6 Å². The Hall–Kier alpha value is -2.68. The molecule has 0 saturated heterocycles. The summed E-state index contributed by atoms with van der Waals surface area (Å²) in [5.74, 6) is 0.677. The number of para-hydroxylation sites is 2. The number of sulfonamides is 1. The van der Waals surface area contributed by atoms with Gasteiger partial charge >= 0.3 is 0 Å². The molecule has 1 N–H and O–H groups in total. The van der Waals surface area contributed by atoms with E-state index in [1.54, 1.807) is 36.4 Å². The Morgan fingerprint density at radius 2 is 1.67 bits per heavy atom. The number of anilines is 1. The smallest absolute Gasteiger partial charge is 0.255 e. The summed E-state index contributed by atoms with van der Waals surface area (Å²) in [6.45, 7) is 1.99. The minimum absolute atomic E-state index is 0.0179. The number of benzene rings is 3. The summed E-state index contributed by atoms with van der Waals surface area (Å²) in [5.41, 5.74) is 1.80. The molecule has 0 fully saturated rings. The summed E-state index contributed by atoms with van der Waals surface area (Å²) in [6.07, 6.45) is 0. The highest BCUT2D eigenvalue weighted by Gasteiger charge is 2.22. The summed E-state index contributed by atoms with van der Waals surface area (Å²) in [6, 6.07) is 19.1. The van der Waals surface area contributed by atoms with Gasteiger partial charge in [-0.15, -0.1) is 0 Å². The molecule has 3 aromatic carbocycles. The summed E-state index contributed by atoms with van der Waals surface area (Å²) in [5, 5.41) is 2.80. The predicted octanol–water partition coefficient (Wildman–Crippen LogP) is 5.05. The minimum atomic E-state index is -3.71. The number of hydrogen-bond acceptors (Lipinski definition) is 4. The SMILES string of the molecule is Cc1ccc(Oc2ccccc2NC(=O)c2ccc(Br)c(S(=O)(=O)N(C)C)c2)cc1. The molecule has 0 aliphatic heterocycles. The molecule has 0 aromatic heterocycles. The van der Waals surface area contributed by atoms with E-state index in [4.69, 9.17) is 4.74 Å². The summed E-state index contributed by atoms with van der Waals surface area (Å²) in [7, 11) is -0.832. The lowest BCUT2D eigenvalue weighted by molar-refractivity contribution is 0.102. The van der Waals surface area contributed by atoms with Gasteiger partial charge < -0.3 is 10.1 Å². The van der Waals surface area contributed by atoms with Crippen molar-refractivity contribution in [3.05, 3.63) is 82.3 Å². The lowest BCUT2D eigenvalue weighted by Crippen LogP contribution is -2.23. The molecule has 0 bridgehead atoms. The maximum Gasteiger partial charge on any atom is 0.255 e. The average Bonchev–Trinajstić information content (AvgIpc) is 2.71. The van der Waals surface area contributed by atoms with Crippen LogP contribution in [-0.2, 0) is 10.0 Å². The van der Waals surface area contributed by atoms with E-state index in [2.05, 4.69) is 21.2 Å². The minimum Gasteiger partial charge on any atom is -0.455 e. The lowest BCUT2D eigenvalue weighted by atomic mass is 10.2. The number of carbonyl (C=O) groups excluding carboxylic acids is 1. The molecule has 3 aromatic rings. The van der Waals surface area contributed by atoms with Crippen molar-refractivity contribution in [3.8, 4) is 11.5 Å². The fourth-order valence-corrected chi connectivity index (χ4v) is 4.47. The zero-order valence-electron chi connectivity index (χ0n) is 16.7. The van der Waals surface area contributed by atoms with Crippen LogP contribution in [0.25, 0.3) is 0 Å². The van der Waals surface area contributed by atoms with Gasteiger partial charge in [-0.3, -0.25) is 4.79 Å². The Morgan fingerprint density at radius 3 is 2.33 bits per heavy atom. The van der Waals surface area contributed by atoms with Crippen molar-refractivity contribution in [2.45, 2.75) is 11.8 Å². The summed E-state index contributed by atoms with van der Waals surface area (Å²) in [4.78, 5) is 12.9. The second-order valence-electron chi connectivity index (χ2n) is 6.80. The zero-order valence-corrected chi connectivity index (χ0v) is 19.1. The van der Waals surface area contributed by atoms with Gasteiger partial charge in [0.1, 0.15) is 5.75 Å². The zero-order chi connectivity index (χ0) is 21.9. The van der Waals surface area contributed by atoms with Crippen molar-refractivity contribution in [1.82, 2.24) is 4.31 Å². The van der Waals surface area contributed by atoms with Crippen LogP contribution >= 0.6 is 15.9 Å². The van der Waals surface area contributed by atoms with Crippen molar-refractivity contribution in [3.63, 3.8) is 0 Å². The standard InChI is InChI=1S/C22H21BrN2O4S/c1-15-8-11-17(12-9-15)29-20-7-5-4-6-19(20)24-22(26)16-10-13-18(23)21(14-16)30(27,28)25(2)3/h4-14H,1-3H3,(H,24,26). The number of amides is 1. The van der Waals surface area contributed by atoms with E-state index in [0.29, 0.717) is 21.7 Å². The molecule has 0 saturated carbocycles. The number of hydrogen-bond donors (Lipinski definition) is 1. The molecule has 0 spiro atoms. The van der Waals surface area contributed by atoms with E-state index in [9.17, 15) is 13.2 Å². The average molecular weight is 489 g/mol. The third-order valence-electron chi connectivity index (χ3n) is 4.34. The van der Waals surface area contributed by atoms with Crippen LogP contribution in [0.5, 0.6) is 11.5 Å². The Morgan fingerprint density at radius 1 is 1.00 bits per heavy atom. The van der Waals surface area contributed by atoms with E-state index in [1.165, 1.54) is 20.2 Å². The predicted molar refractivity (Wildman–Crippen MR) is 121 cm³/mol. The van der Waals surface area contributed by atoms with E-state index in [0.717, 1.165) is 9.87 Å². The fraction of sp³-hybridized carbons (Fsp3) is 0.136. The second-order valence-corrected chi connectivity index (χ2v) is 9.77. The van der Waals surface area contributed by atoms with Crippen molar-refractivity contribution >= 4 is 37.5 Å². The van der Waals surface area contributed by atoms with E-state index in [-0.39, 0.29) is 10.5 Å². The van der Waals surface area contributed by atoms with Crippen LogP contribution in [0.1, 0.15) is 15.9 Å².